The monoisotopic (exact) mass is 221 g/mol. The number of nitrogens with one attached hydrogen (secondary N) is 1. The summed E-state index contributed by atoms with van der Waals surface area (Å²) in [6.45, 7) is 0.0587. The van der Waals surface area contributed by atoms with Crippen molar-refractivity contribution in [2.75, 3.05) is 0 Å². The number of carbonyl (C=O) groups excluding carboxylic acids is 1. The van der Waals surface area contributed by atoms with Crippen molar-refractivity contribution in [3.05, 3.63) is 28.9 Å². The second-order valence-electron chi connectivity index (χ2n) is 4.10. The molecule has 1 aliphatic rings. The van der Waals surface area contributed by atoms with Crippen molar-refractivity contribution in [2.24, 2.45) is 0 Å². The van der Waals surface area contributed by atoms with Gasteiger partial charge in [0.15, 0.2) is 0 Å². The van der Waals surface area contributed by atoms with Gasteiger partial charge in [0, 0.05) is 18.3 Å². The lowest BCUT2D eigenvalue weighted by atomic mass is 10.2. The molecule has 5 nitrogen and oxygen atoms in total. The van der Waals surface area contributed by atoms with Crippen molar-refractivity contribution in [1.82, 2.24) is 14.9 Å². The Bertz CT molecular complexity index is 421. The molecular formula is C11H15N3O2. The van der Waals surface area contributed by atoms with E-state index in [0.717, 1.165) is 12.8 Å². The lowest BCUT2D eigenvalue weighted by molar-refractivity contribution is -0.122. The van der Waals surface area contributed by atoms with Crippen molar-refractivity contribution >= 4 is 5.91 Å². The molecule has 16 heavy (non-hydrogen) atoms. The summed E-state index contributed by atoms with van der Waals surface area (Å²) in [5, 5.41) is 2.93. The Balaban J connectivity index is 1.92. The van der Waals surface area contributed by atoms with E-state index in [4.69, 9.17) is 0 Å². The van der Waals surface area contributed by atoms with Gasteiger partial charge in [-0.05, 0) is 12.8 Å². The molecule has 1 N–H and O–H groups in total. The summed E-state index contributed by atoms with van der Waals surface area (Å²) in [7, 11) is 0. The highest BCUT2D eigenvalue weighted by molar-refractivity contribution is 5.76. The Morgan fingerprint density at radius 1 is 1.50 bits per heavy atom. The topological polar surface area (TPSA) is 64.0 Å². The van der Waals surface area contributed by atoms with Crippen LogP contribution in [0.5, 0.6) is 0 Å². The average Bonchev–Trinajstić information content (AvgIpc) is 2.74. The molecule has 1 aliphatic carbocycles. The van der Waals surface area contributed by atoms with Gasteiger partial charge in [-0.3, -0.25) is 14.2 Å². The van der Waals surface area contributed by atoms with Crippen molar-refractivity contribution in [3.63, 3.8) is 0 Å². The third kappa shape index (κ3) is 2.68. The lowest BCUT2D eigenvalue weighted by Crippen LogP contribution is -2.37. The number of nitrogens with zero attached hydrogens (tertiary/aromatic N) is 2. The fourth-order valence-corrected chi connectivity index (χ4v) is 2.00. The van der Waals surface area contributed by atoms with E-state index in [1.807, 2.05) is 0 Å². The first-order chi connectivity index (χ1) is 7.75. The molecular weight excluding hydrogens is 206 g/mol. The Hall–Kier alpha value is -1.65. The van der Waals surface area contributed by atoms with Crippen LogP contribution in [0.25, 0.3) is 0 Å². The van der Waals surface area contributed by atoms with Gasteiger partial charge in [-0.2, -0.15) is 0 Å². The molecule has 0 bridgehead atoms. The number of hydrogen-bond acceptors (Lipinski definition) is 3. The number of aromatic nitrogens is 2. The van der Waals surface area contributed by atoms with Crippen LogP contribution < -0.4 is 10.9 Å². The largest absolute Gasteiger partial charge is 0.352 e. The molecule has 86 valence electrons. The summed E-state index contributed by atoms with van der Waals surface area (Å²) in [6.07, 6.45) is 7.27. The molecule has 0 saturated heterocycles. The molecule has 5 heteroatoms. The molecule has 1 heterocycles. The molecule has 1 fully saturated rings. The second kappa shape index (κ2) is 4.92. The number of hydrogen-bond donors (Lipinski definition) is 1. The van der Waals surface area contributed by atoms with Crippen LogP contribution in [0.4, 0.5) is 0 Å². The van der Waals surface area contributed by atoms with Gasteiger partial charge in [0.1, 0.15) is 6.54 Å². The fraction of sp³-hybridized carbons (Fsp3) is 0.545. The summed E-state index contributed by atoms with van der Waals surface area (Å²) in [4.78, 5) is 26.8. The maximum absolute atomic E-state index is 11.6. The molecule has 0 aromatic carbocycles. The zero-order valence-electron chi connectivity index (χ0n) is 9.06. The van der Waals surface area contributed by atoms with Gasteiger partial charge >= 0.3 is 0 Å². The minimum Gasteiger partial charge on any atom is -0.352 e. The smallest absolute Gasteiger partial charge is 0.253 e. The van der Waals surface area contributed by atoms with Crippen LogP contribution in [-0.4, -0.2) is 21.5 Å². The highest BCUT2D eigenvalue weighted by Gasteiger charge is 2.17. The Morgan fingerprint density at radius 3 is 2.94 bits per heavy atom. The van der Waals surface area contributed by atoms with E-state index in [1.54, 1.807) is 0 Å². The first-order valence-corrected chi connectivity index (χ1v) is 5.55. The lowest BCUT2D eigenvalue weighted by Gasteiger charge is -2.12. The number of amides is 1. The van der Waals surface area contributed by atoms with Crippen molar-refractivity contribution in [3.8, 4) is 0 Å². The van der Waals surface area contributed by atoms with Crippen LogP contribution in [-0.2, 0) is 11.3 Å². The third-order valence-electron chi connectivity index (χ3n) is 2.83. The molecule has 1 aromatic rings. The van der Waals surface area contributed by atoms with Gasteiger partial charge in [-0.25, -0.2) is 4.98 Å². The third-order valence-corrected chi connectivity index (χ3v) is 2.83. The zero-order chi connectivity index (χ0) is 11.4. The average molecular weight is 221 g/mol. The zero-order valence-corrected chi connectivity index (χ0v) is 9.06. The van der Waals surface area contributed by atoms with E-state index >= 15 is 0 Å². The minimum atomic E-state index is -0.198. The predicted octanol–water partition coefficient (Wildman–Crippen LogP) is 0.302. The van der Waals surface area contributed by atoms with Gasteiger partial charge in [0.05, 0.1) is 6.33 Å². The van der Waals surface area contributed by atoms with Crippen molar-refractivity contribution in [2.45, 2.75) is 38.3 Å². The first kappa shape index (κ1) is 10.9. The standard InChI is InChI=1S/C11H15N3O2/c15-10(13-9-3-1-2-4-9)7-14-8-12-6-5-11(14)16/h5-6,8-9H,1-4,7H2,(H,13,15). The second-order valence-corrected chi connectivity index (χ2v) is 4.10. The minimum absolute atomic E-state index is 0.0587. The molecule has 1 saturated carbocycles. The highest BCUT2D eigenvalue weighted by atomic mass is 16.2. The Morgan fingerprint density at radius 2 is 2.25 bits per heavy atom. The number of carbonyl (C=O) groups is 1. The maximum atomic E-state index is 11.6. The van der Waals surface area contributed by atoms with Gasteiger partial charge in [-0.15, -0.1) is 0 Å². The van der Waals surface area contributed by atoms with Gasteiger partial charge in [0.25, 0.3) is 5.56 Å². The number of rotatable bonds is 3. The molecule has 2 rings (SSSR count). The normalized spacial score (nSPS) is 16.2. The first-order valence-electron chi connectivity index (χ1n) is 5.55. The van der Waals surface area contributed by atoms with E-state index in [-0.39, 0.29) is 18.0 Å². The van der Waals surface area contributed by atoms with E-state index < -0.39 is 0 Å². The molecule has 1 amide bonds. The Labute approximate surface area is 93.5 Å². The molecule has 0 spiro atoms. The van der Waals surface area contributed by atoms with Crippen LogP contribution >= 0.6 is 0 Å². The van der Waals surface area contributed by atoms with Crippen LogP contribution in [0.1, 0.15) is 25.7 Å². The predicted molar refractivity (Wildman–Crippen MR) is 58.9 cm³/mol. The molecule has 0 atom stereocenters. The summed E-state index contributed by atoms with van der Waals surface area (Å²) in [5.41, 5.74) is -0.198. The van der Waals surface area contributed by atoms with Crippen molar-refractivity contribution in [1.29, 1.82) is 0 Å². The van der Waals surface area contributed by atoms with Crippen LogP contribution in [0, 0.1) is 0 Å². The summed E-state index contributed by atoms with van der Waals surface area (Å²) in [5.74, 6) is -0.109. The van der Waals surface area contributed by atoms with E-state index in [9.17, 15) is 9.59 Å². The van der Waals surface area contributed by atoms with Gasteiger partial charge in [-0.1, -0.05) is 12.8 Å². The molecule has 0 aliphatic heterocycles. The summed E-state index contributed by atoms with van der Waals surface area (Å²) >= 11 is 0. The van der Waals surface area contributed by atoms with Crippen LogP contribution in [0.2, 0.25) is 0 Å². The fourth-order valence-electron chi connectivity index (χ4n) is 2.00. The SMILES string of the molecule is O=C(Cn1cnccc1=O)NC1CCCC1. The van der Waals surface area contributed by atoms with Crippen LogP contribution in [0.3, 0.4) is 0 Å². The summed E-state index contributed by atoms with van der Waals surface area (Å²) in [6, 6.07) is 1.64. The van der Waals surface area contributed by atoms with E-state index in [1.165, 1.54) is 36.0 Å². The quantitative estimate of drug-likeness (QED) is 0.798. The maximum Gasteiger partial charge on any atom is 0.253 e. The Kier molecular flexibility index (Phi) is 3.34. The van der Waals surface area contributed by atoms with Gasteiger partial charge < -0.3 is 5.32 Å². The molecule has 0 unspecified atom stereocenters. The van der Waals surface area contributed by atoms with E-state index in [0.29, 0.717) is 6.04 Å². The van der Waals surface area contributed by atoms with Gasteiger partial charge in [0.2, 0.25) is 5.91 Å². The summed E-state index contributed by atoms with van der Waals surface area (Å²) < 4.78 is 1.31. The molecule has 0 radical (unpaired) electrons. The van der Waals surface area contributed by atoms with Crippen molar-refractivity contribution < 1.29 is 4.79 Å². The molecule has 1 aromatic heterocycles. The van der Waals surface area contributed by atoms with E-state index in [2.05, 4.69) is 10.3 Å². The van der Waals surface area contributed by atoms with Crippen LogP contribution in [0.15, 0.2) is 23.4 Å². The highest BCUT2D eigenvalue weighted by Crippen LogP contribution is 2.17.